The molecule has 0 aliphatic carbocycles. The Kier molecular flexibility index (Phi) is 8.00. The van der Waals surface area contributed by atoms with Gasteiger partial charge < -0.3 is 10.6 Å². The molecule has 0 saturated carbocycles. The van der Waals surface area contributed by atoms with E-state index in [9.17, 15) is 27.6 Å². The van der Waals surface area contributed by atoms with Gasteiger partial charge in [0.15, 0.2) is 5.78 Å². The average molecular weight is 575 g/mol. The molecule has 4 aromatic rings. The molecule has 2 amide bonds. The van der Waals surface area contributed by atoms with Crippen LogP contribution in [0.4, 0.5) is 18.9 Å². The molecule has 2 N–H and O–H groups in total. The van der Waals surface area contributed by atoms with E-state index in [1.165, 1.54) is 23.7 Å². The molecule has 0 radical (unpaired) electrons. The number of halogens is 4. The number of nitrogens with one attached hydrogen (secondary N) is 2. The normalized spacial score (nSPS) is 11.4. The Labute approximate surface area is 230 Å². The second-order valence-corrected chi connectivity index (χ2v) is 9.02. The number of aryl methyl sites for hydroxylation is 1. The SMILES string of the molecule is CCNC(=O)c1cc(C(C)=O)cc(C)c1NC(=O)c1cc(Cn2nnc(C(F)(F)F)n2)nn1-c1ccccc1Cl. The molecule has 15 heteroatoms. The minimum absolute atomic E-state index is 0.0452. The molecule has 0 spiro atoms. The summed E-state index contributed by atoms with van der Waals surface area (Å²) in [6.07, 6.45) is -4.78. The minimum Gasteiger partial charge on any atom is -0.352 e. The predicted octanol–water partition coefficient (Wildman–Crippen LogP) is 4.09. The van der Waals surface area contributed by atoms with Crippen molar-refractivity contribution in [1.29, 1.82) is 0 Å². The van der Waals surface area contributed by atoms with Crippen molar-refractivity contribution < 1.29 is 27.6 Å². The Hall–Kier alpha value is -4.59. The van der Waals surface area contributed by atoms with Crippen molar-refractivity contribution in [2.24, 2.45) is 0 Å². The molecule has 2 aromatic heterocycles. The third-order valence-corrected chi connectivity index (χ3v) is 5.97. The van der Waals surface area contributed by atoms with Crippen LogP contribution in [0.25, 0.3) is 5.69 Å². The van der Waals surface area contributed by atoms with Crippen LogP contribution in [0.5, 0.6) is 0 Å². The number of rotatable bonds is 8. The number of alkyl halides is 3. The highest BCUT2D eigenvalue weighted by atomic mass is 35.5. The predicted molar refractivity (Wildman–Crippen MR) is 138 cm³/mol. The summed E-state index contributed by atoms with van der Waals surface area (Å²) in [5.41, 5.74) is 1.39. The number of carbonyl (C=O) groups excluding carboxylic acids is 3. The molecule has 4 rings (SSSR count). The van der Waals surface area contributed by atoms with E-state index < -0.39 is 23.8 Å². The van der Waals surface area contributed by atoms with Gasteiger partial charge in [0, 0.05) is 12.1 Å². The van der Waals surface area contributed by atoms with Gasteiger partial charge >= 0.3 is 6.18 Å². The Balaban J connectivity index is 1.76. The first-order chi connectivity index (χ1) is 18.9. The molecule has 0 unspecified atom stereocenters. The molecular formula is C25H22ClF3N8O3. The fraction of sp³-hybridized carbons (Fsp3) is 0.240. The largest absolute Gasteiger partial charge is 0.455 e. The Morgan fingerprint density at radius 1 is 1.05 bits per heavy atom. The van der Waals surface area contributed by atoms with Crippen molar-refractivity contribution >= 4 is 34.9 Å². The van der Waals surface area contributed by atoms with E-state index in [1.807, 2.05) is 0 Å². The third kappa shape index (κ3) is 6.01. The van der Waals surface area contributed by atoms with E-state index in [-0.39, 0.29) is 40.0 Å². The lowest BCUT2D eigenvalue weighted by molar-refractivity contribution is -0.145. The second-order valence-electron chi connectivity index (χ2n) is 8.61. The molecule has 0 fully saturated rings. The highest BCUT2D eigenvalue weighted by Gasteiger charge is 2.37. The molecule has 40 heavy (non-hydrogen) atoms. The van der Waals surface area contributed by atoms with Crippen LogP contribution in [0.15, 0.2) is 42.5 Å². The molecule has 11 nitrogen and oxygen atoms in total. The zero-order valence-corrected chi connectivity index (χ0v) is 22.1. The van der Waals surface area contributed by atoms with Gasteiger partial charge in [-0.25, -0.2) is 4.68 Å². The Bertz CT molecular complexity index is 1610. The van der Waals surface area contributed by atoms with Gasteiger partial charge in [-0.15, -0.1) is 10.2 Å². The fourth-order valence-electron chi connectivity index (χ4n) is 3.81. The number of nitrogens with zero attached hydrogens (tertiary/aromatic N) is 6. The molecule has 0 atom stereocenters. The summed E-state index contributed by atoms with van der Waals surface area (Å²) in [5.74, 6) is -2.88. The van der Waals surface area contributed by atoms with E-state index in [1.54, 1.807) is 44.2 Å². The van der Waals surface area contributed by atoms with E-state index in [2.05, 4.69) is 31.1 Å². The molecular weight excluding hydrogens is 553 g/mol. The van der Waals surface area contributed by atoms with Crippen molar-refractivity contribution in [1.82, 2.24) is 35.3 Å². The standard InChI is InChI=1S/C25H22ClF3N8O3/c1-4-30-22(39)17-10-15(14(3)38)9-13(2)21(17)31-23(40)20-11-16(12-36-34-24(32-35-36)25(27,28)29)33-37(20)19-8-6-5-7-18(19)26/h5-11H,4,12H2,1-3H3,(H,30,39)(H,31,40). The highest BCUT2D eigenvalue weighted by Crippen LogP contribution is 2.27. The highest BCUT2D eigenvalue weighted by molar-refractivity contribution is 6.32. The fourth-order valence-corrected chi connectivity index (χ4v) is 4.03. The first-order valence-corrected chi connectivity index (χ1v) is 12.2. The third-order valence-electron chi connectivity index (χ3n) is 5.65. The quantitative estimate of drug-likeness (QED) is 0.302. The van der Waals surface area contributed by atoms with Crippen LogP contribution in [-0.4, -0.2) is 54.1 Å². The summed E-state index contributed by atoms with van der Waals surface area (Å²) in [6, 6.07) is 10.8. The van der Waals surface area contributed by atoms with Crippen LogP contribution in [0.3, 0.4) is 0 Å². The molecule has 2 aromatic carbocycles. The minimum atomic E-state index is -4.78. The van der Waals surface area contributed by atoms with Crippen LogP contribution in [-0.2, 0) is 12.7 Å². The Morgan fingerprint density at radius 3 is 2.40 bits per heavy atom. The number of benzene rings is 2. The maximum atomic E-state index is 13.6. The summed E-state index contributed by atoms with van der Waals surface area (Å²) in [6.45, 7) is 4.70. The number of hydrogen-bond donors (Lipinski definition) is 2. The number of amides is 2. The van der Waals surface area contributed by atoms with Gasteiger partial charge in [-0.3, -0.25) is 14.4 Å². The van der Waals surface area contributed by atoms with Gasteiger partial charge in [-0.2, -0.15) is 23.1 Å². The van der Waals surface area contributed by atoms with Crippen LogP contribution in [0.1, 0.15) is 62.1 Å². The van der Waals surface area contributed by atoms with Crippen molar-refractivity contribution in [3.63, 3.8) is 0 Å². The lowest BCUT2D eigenvalue weighted by Crippen LogP contribution is -2.26. The number of hydrogen-bond acceptors (Lipinski definition) is 7. The van der Waals surface area contributed by atoms with Gasteiger partial charge in [0.05, 0.1) is 27.7 Å². The maximum absolute atomic E-state index is 13.6. The van der Waals surface area contributed by atoms with E-state index in [0.29, 0.717) is 28.2 Å². The average Bonchev–Trinajstić information content (AvgIpc) is 3.53. The molecule has 2 heterocycles. The summed E-state index contributed by atoms with van der Waals surface area (Å²) in [5, 5.41) is 19.7. The number of para-hydroxylation sites is 1. The van der Waals surface area contributed by atoms with Crippen LogP contribution >= 0.6 is 11.6 Å². The zero-order chi connectivity index (χ0) is 29.2. The maximum Gasteiger partial charge on any atom is 0.455 e. The summed E-state index contributed by atoms with van der Waals surface area (Å²) in [4.78, 5) is 39.1. The Morgan fingerprint density at radius 2 is 1.77 bits per heavy atom. The molecule has 0 aliphatic rings. The van der Waals surface area contributed by atoms with Crippen molar-refractivity contribution in [3.05, 3.63) is 81.4 Å². The van der Waals surface area contributed by atoms with Gasteiger partial charge in [0.1, 0.15) is 12.2 Å². The van der Waals surface area contributed by atoms with Crippen LogP contribution in [0.2, 0.25) is 5.02 Å². The van der Waals surface area contributed by atoms with E-state index in [0.717, 1.165) is 0 Å². The molecule has 0 aliphatic heterocycles. The number of anilines is 1. The first kappa shape index (κ1) is 28.4. The van der Waals surface area contributed by atoms with Gasteiger partial charge in [-0.1, -0.05) is 23.7 Å². The summed E-state index contributed by atoms with van der Waals surface area (Å²) in [7, 11) is 0. The monoisotopic (exact) mass is 574 g/mol. The second kappa shape index (κ2) is 11.3. The summed E-state index contributed by atoms with van der Waals surface area (Å²) >= 11 is 6.35. The number of aromatic nitrogens is 6. The zero-order valence-electron chi connectivity index (χ0n) is 21.4. The van der Waals surface area contributed by atoms with Gasteiger partial charge in [0.2, 0.25) is 0 Å². The van der Waals surface area contributed by atoms with Crippen molar-refractivity contribution in [2.75, 3.05) is 11.9 Å². The van der Waals surface area contributed by atoms with Gasteiger partial charge in [-0.05, 0) is 61.9 Å². The molecule has 0 saturated heterocycles. The lowest BCUT2D eigenvalue weighted by Gasteiger charge is -2.16. The van der Waals surface area contributed by atoms with Crippen LogP contribution in [0, 0.1) is 6.92 Å². The number of Topliss-reactive ketones (excluding diaryl/α,β-unsaturated/α-hetero) is 1. The van der Waals surface area contributed by atoms with Crippen molar-refractivity contribution in [3.8, 4) is 5.69 Å². The smallest absolute Gasteiger partial charge is 0.352 e. The lowest BCUT2D eigenvalue weighted by atomic mass is 10.0. The van der Waals surface area contributed by atoms with Crippen molar-refractivity contribution in [2.45, 2.75) is 33.5 Å². The number of carbonyl (C=O) groups is 3. The topological polar surface area (TPSA) is 137 Å². The van der Waals surface area contributed by atoms with E-state index in [4.69, 9.17) is 11.6 Å². The van der Waals surface area contributed by atoms with E-state index >= 15 is 0 Å². The summed E-state index contributed by atoms with van der Waals surface area (Å²) < 4.78 is 40.0. The number of ketones is 1. The number of tetrazole rings is 1. The first-order valence-electron chi connectivity index (χ1n) is 11.8. The van der Waals surface area contributed by atoms with Crippen LogP contribution < -0.4 is 10.6 Å². The molecule has 0 bridgehead atoms. The van der Waals surface area contributed by atoms with Gasteiger partial charge in [0.25, 0.3) is 17.6 Å². The molecule has 208 valence electrons.